The Hall–Kier alpha value is -1.62. The van der Waals surface area contributed by atoms with Gasteiger partial charge < -0.3 is 10.5 Å². The molecule has 0 bridgehead atoms. The Morgan fingerprint density at radius 2 is 1.95 bits per heavy atom. The van der Waals surface area contributed by atoms with E-state index in [1.807, 2.05) is 31.2 Å². The summed E-state index contributed by atoms with van der Waals surface area (Å²) in [6.45, 7) is 3.57. The maximum atomic E-state index is 13.1. The van der Waals surface area contributed by atoms with Crippen LogP contribution in [0.5, 0.6) is 0 Å². The molecular weight excluding hydrogens is 291 g/mol. The minimum atomic E-state index is -0.424. The van der Waals surface area contributed by atoms with Crippen LogP contribution in [0.4, 0.5) is 10.1 Å². The SMILES string of the molecule is CCN(O)Cc1cccc(CNc2ccc(F)c(Cl)c2)c1. The lowest BCUT2D eigenvalue weighted by molar-refractivity contribution is -0.0946. The van der Waals surface area contributed by atoms with Gasteiger partial charge in [0.15, 0.2) is 0 Å². The van der Waals surface area contributed by atoms with Crippen molar-refractivity contribution in [1.29, 1.82) is 0 Å². The van der Waals surface area contributed by atoms with E-state index >= 15 is 0 Å². The third-order valence-corrected chi connectivity index (χ3v) is 3.43. The van der Waals surface area contributed by atoms with Crippen molar-refractivity contribution in [3.63, 3.8) is 0 Å². The first-order valence-electron chi connectivity index (χ1n) is 6.79. The summed E-state index contributed by atoms with van der Waals surface area (Å²) in [4.78, 5) is 0. The second-order valence-electron chi connectivity index (χ2n) is 4.78. The Morgan fingerprint density at radius 3 is 2.67 bits per heavy atom. The topological polar surface area (TPSA) is 35.5 Å². The van der Waals surface area contributed by atoms with Gasteiger partial charge in [-0.05, 0) is 29.3 Å². The zero-order valence-corrected chi connectivity index (χ0v) is 12.6. The number of hydrogen-bond acceptors (Lipinski definition) is 3. The highest BCUT2D eigenvalue weighted by molar-refractivity contribution is 6.31. The molecule has 0 aliphatic heterocycles. The number of nitrogens with one attached hydrogen (secondary N) is 1. The standard InChI is InChI=1S/C16H18ClFN2O/c1-2-20(21)11-13-5-3-4-12(8-13)10-19-14-6-7-16(18)15(17)9-14/h3-9,19,21H,2,10-11H2,1H3. The Labute approximate surface area is 128 Å². The fourth-order valence-electron chi connectivity index (χ4n) is 1.97. The van der Waals surface area contributed by atoms with Crippen LogP contribution in [0, 0.1) is 5.82 Å². The van der Waals surface area contributed by atoms with E-state index in [1.165, 1.54) is 11.1 Å². The molecule has 0 aliphatic carbocycles. The third-order valence-electron chi connectivity index (χ3n) is 3.14. The smallest absolute Gasteiger partial charge is 0.141 e. The molecule has 0 amide bonds. The highest BCUT2D eigenvalue weighted by Gasteiger charge is 2.03. The van der Waals surface area contributed by atoms with Gasteiger partial charge in [-0.3, -0.25) is 0 Å². The number of benzene rings is 2. The number of halogens is 2. The van der Waals surface area contributed by atoms with Gasteiger partial charge in [0.05, 0.1) is 5.02 Å². The maximum Gasteiger partial charge on any atom is 0.141 e. The molecule has 0 unspecified atom stereocenters. The van der Waals surface area contributed by atoms with Crippen molar-refractivity contribution in [2.24, 2.45) is 0 Å². The number of hydrogen-bond donors (Lipinski definition) is 2. The van der Waals surface area contributed by atoms with Crippen molar-refractivity contribution in [3.8, 4) is 0 Å². The molecule has 0 saturated heterocycles. The second kappa shape index (κ2) is 7.41. The van der Waals surface area contributed by atoms with E-state index in [2.05, 4.69) is 5.32 Å². The monoisotopic (exact) mass is 308 g/mol. The molecule has 0 spiro atoms. The minimum absolute atomic E-state index is 0.104. The van der Waals surface area contributed by atoms with Crippen molar-refractivity contribution in [3.05, 3.63) is 64.4 Å². The van der Waals surface area contributed by atoms with Gasteiger partial charge in [-0.25, -0.2) is 4.39 Å². The van der Waals surface area contributed by atoms with E-state index < -0.39 is 5.82 Å². The molecule has 0 aromatic heterocycles. The van der Waals surface area contributed by atoms with Crippen LogP contribution in [0.3, 0.4) is 0 Å². The lowest BCUT2D eigenvalue weighted by Crippen LogP contribution is -2.17. The molecule has 2 aromatic carbocycles. The highest BCUT2D eigenvalue weighted by Crippen LogP contribution is 2.20. The fraction of sp³-hybridized carbons (Fsp3) is 0.250. The molecule has 21 heavy (non-hydrogen) atoms. The van der Waals surface area contributed by atoms with Gasteiger partial charge in [-0.1, -0.05) is 42.8 Å². The van der Waals surface area contributed by atoms with Crippen molar-refractivity contribution >= 4 is 17.3 Å². The zero-order valence-electron chi connectivity index (χ0n) is 11.8. The van der Waals surface area contributed by atoms with Crippen LogP contribution in [0.25, 0.3) is 0 Å². The Morgan fingerprint density at radius 1 is 1.19 bits per heavy atom. The van der Waals surface area contributed by atoms with Gasteiger partial charge in [0.1, 0.15) is 5.82 Å². The fourth-order valence-corrected chi connectivity index (χ4v) is 2.15. The first-order chi connectivity index (χ1) is 10.1. The average molecular weight is 309 g/mol. The van der Waals surface area contributed by atoms with Crippen LogP contribution in [0.2, 0.25) is 5.02 Å². The molecule has 0 aliphatic rings. The largest absolute Gasteiger partial charge is 0.381 e. The lowest BCUT2D eigenvalue weighted by Gasteiger charge is -2.13. The van der Waals surface area contributed by atoms with Gasteiger partial charge in [0.25, 0.3) is 0 Å². The third kappa shape index (κ3) is 4.70. The number of anilines is 1. The Bertz CT molecular complexity index is 607. The maximum absolute atomic E-state index is 13.1. The van der Waals surface area contributed by atoms with Crippen LogP contribution in [0.15, 0.2) is 42.5 Å². The summed E-state index contributed by atoms with van der Waals surface area (Å²) in [6, 6.07) is 12.5. The van der Waals surface area contributed by atoms with Crippen LogP contribution in [-0.2, 0) is 13.1 Å². The molecule has 2 N–H and O–H groups in total. The molecule has 0 fully saturated rings. The summed E-state index contributed by atoms with van der Waals surface area (Å²) < 4.78 is 13.1. The Balaban J connectivity index is 1.99. The minimum Gasteiger partial charge on any atom is -0.381 e. The van der Waals surface area contributed by atoms with Gasteiger partial charge in [0.2, 0.25) is 0 Å². The quantitative estimate of drug-likeness (QED) is 0.781. The van der Waals surface area contributed by atoms with Crippen molar-refractivity contribution in [2.75, 3.05) is 11.9 Å². The van der Waals surface area contributed by atoms with E-state index in [1.54, 1.807) is 12.1 Å². The van der Waals surface area contributed by atoms with Gasteiger partial charge in [0, 0.05) is 25.3 Å². The summed E-state index contributed by atoms with van der Waals surface area (Å²) >= 11 is 5.75. The molecule has 3 nitrogen and oxygen atoms in total. The van der Waals surface area contributed by atoms with Crippen LogP contribution < -0.4 is 5.32 Å². The van der Waals surface area contributed by atoms with E-state index in [0.717, 1.165) is 16.8 Å². The van der Waals surface area contributed by atoms with E-state index in [-0.39, 0.29) is 5.02 Å². The molecule has 0 heterocycles. The van der Waals surface area contributed by atoms with Crippen molar-refractivity contribution < 1.29 is 9.60 Å². The Kier molecular flexibility index (Phi) is 5.56. The summed E-state index contributed by atoms with van der Waals surface area (Å²) in [5.41, 5.74) is 2.89. The summed E-state index contributed by atoms with van der Waals surface area (Å²) in [7, 11) is 0. The predicted octanol–water partition coefficient (Wildman–Crippen LogP) is 4.30. The first kappa shape index (κ1) is 15.8. The van der Waals surface area contributed by atoms with E-state index in [9.17, 15) is 9.60 Å². The van der Waals surface area contributed by atoms with Gasteiger partial charge >= 0.3 is 0 Å². The number of rotatable bonds is 6. The van der Waals surface area contributed by atoms with Crippen LogP contribution >= 0.6 is 11.6 Å². The summed E-state index contributed by atoms with van der Waals surface area (Å²) in [5, 5.41) is 14.1. The molecule has 2 aromatic rings. The van der Waals surface area contributed by atoms with E-state index in [0.29, 0.717) is 19.6 Å². The highest BCUT2D eigenvalue weighted by atomic mass is 35.5. The number of hydroxylamine groups is 2. The lowest BCUT2D eigenvalue weighted by atomic mass is 10.1. The predicted molar refractivity (Wildman–Crippen MR) is 83.0 cm³/mol. The molecule has 2 rings (SSSR count). The number of nitrogens with zero attached hydrogens (tertiary/aromatic N) is 1. The van der Waals surface area contributed by atoms with Gasteiger partial charge in [-0.2, -0.15) is 5.06 Å². The molecule has 5 heteroatoms. The summed E-state index contributed by atoms with van der Waals surface area (Å²) in [6.07, 6.45) is 0. The van der Waals surface area contributed by atoms with Crippen LogP contribution in [-0.4, -0.2) is 16.8 Å². The summed E-state index contributed by atoms with van der Waals surface area (Å²) in [5.74, 6) is -0.424. The zero-order chi connectivity index (χ0) is 15.2. The van der Waals surface area contributed by atoms with Crippen LogP contribution in [0.1, 0.15) is 18.1 Å². The average Bonchev–Trinajstić information content (AvgIpc) is 2.49. The molecule has 112 valence electrons. The molecular formula is C16H18ClFN2O. The van der Waals surface area contributed by atoms with Gasteiger partial charge in [-0.15, -0.1) is 0 Å². The van der Waals surface area contributed by atoms with E-state index in [4.69, 9.17) is 11.6 Å². The molecule has 0 radical (unpaired) electrons. The van der Waals surface area contributed by atoms with Crippen molar-refractivity contribution in [1.82, 2.24) is 5.06 Å². The van der Waals surface area contributed by atoms with Crippen molar-refractivity contribution in [2.45, 2.75) is 20.0 Å². The molecule has 0 saturated carbocycles. The normalized spacial score (nSPS) is 10.9. The second-order valence-corrected chi connectivity index (χ2v) is 5.19. The molecule has 0 atom stereocenters. The first-order valence-corrected chi connectivity index (χ1v) is 7.17.